The van der Waals surface area contributed by atoms with E-state index < -0.39 is 17.7 Å². The summed E-state index contributed by atoms with van der Waals surface area (Å²) in [7, 11) is 0. The number of hydrogen-bond donors (Lipinski definition) is 3. The minimum absolute atomic E-state index is 0.0687. The number of carboxylic acids is 1. The van der Waals surface area contributed by atoms with Gasteiger partial charge in [-0.3, -0.25) is 4.79 Å². The molecule has 0 heterocycles. The molecule has 2 aromatic carbocycles. The molecule has 38 heavy (non-hydrogen) atoms. The zero-order chi connectivity index (χ0) is 28.5. The van der Waals surface area contributed by atoms with Crippen LogP contribution in [0.4, 0.5) is 0 Å². The van der Waals surface area contributed by atoms with Gasteiger partial charge >= 0.3 is 5.97 Å². The number of hydrogen-bond acceptors (Lipinski definition) is 4. The van der Waals surface area contributed by atoms with Crippen LogP contribution in [0.2, 0.25) is 0 Å². The number of benzene rings is 2. The molecule has 2 aromatic rings. The molecule has 0 unspecified atom stereocenters. The van der Waals surface area contributed by atoms with E-state index in [1.165, 1.54) is 27.8 Å². The fraction of sp³-hybridized carbons (Fsp3) is 0.545. The molecule has 0 saturated heterocycles. The summed E-state index contributed by atoms with van der Waals surface area (Å²) >= 11 is 0. The van der Waals surface area contributed by atoms with Gasteiger partial charge in [0.1, 0.15) is 12.4 Å². The number of rotatable bonds is 15. The number of aryl methyl sites for hydroxylation is 2. The minimum atomic E-state index is -0.923. The number of carbonyl (C=O) groups is 1. The zero-order valence-electron chi connectivity index (χ0n) is 24.4. The number of aliphatic hydroxyl groups excluding tert-OH is 1. The van der Waals surface area contributed by atoms with Crippen LogP contribution in [0, 0.1) is 13.8 Å². The average Bonchev–Trinajstić information content (AvgIpc) is 2.91. The minimum Gasteiger partial charge on any atom is -0.491 e. The molecule has 5 heteroatoms. The van der Waals surface area contributed by atoms with Crippen LogP contribution in [0.1, 0.15) is 107 Å². The van der Waals surface area contributed by atoms with E-state index in [9.17, 15) is 15.0 Å². The summed E-state index contributed by atoms with van der Waals surface area (Å²) < 4.78 is 5.83. The van der Waals surface area contributed by atoms with Gasteiger partial charge in [0.15, 0.2) is 0 Å². The zero-order valence-corrected chi connectivity index (χ0v) is 24.4. The van der Waals surface area contributed by atoms with Gasteiger partial charge < -0.3 is 20.1 Å². The SMILES string of the molecule is CCC(=CC(O)(CC)CC)c1ccc(C(CC)(CC)c2ccc(OC[C@@H](O)CCC(=O)O)c(C)c2)cc1C. The first-order valence-electron chi connectivity index (χ1n) is 14.2. The second kappa shape index (κ2) is 14.0. The first kappa shape index (κ1) is 31.6. The topological polar surface area (TPSA) is 87.0 Å². The van der Waals surface area contributed by atoms with Gasteiger partial charge in [-0.25, -0.2) is 0 Å². The van der Waals surface area contributed by atoms with Crippen LogP contribution in [-0.2, 0) is 10.2 Å². The van der Waals surface area contributed by atoms with E-state index >= 15 is 0 Å². The van der Waals surface area contributed by atoms with Crippen LogP contribution in [0.5, 0.6) is 5.75 Å². The Balaban J connectivity index is 2.39. The smallest absolute Gasteiger partial charge is 0.303 e. The third kappa shape index (κ3) is 7.48. The van der Waals surface area contributed by atoms with Crippen LogP contribution >= 0.6 is 0 Å². The van der Waals surface area contributed by atoms with E-state index in [0.717, 1.165) is 24.8 Å². The lowest BCUT2D eigenvalue weighted by Crippen LogP contribution is -2.26. The molecule has 0 aromatic heterocycles. The highest BCUT2D eigenvalue weighted by Gasteiger charge is 2.32. The van der Waals surface area contributed by atoms with Crippen molar-refractivity contribution in [3.8, 4) is 5.75 Å². The first-order valence-corrected chi connectivity index (χ1v) is 14.2. The molecule has 0 spiro atoms. The molecule has 0 aliphatic carbocycles. The van der Waals surface area contributed by atoms with E-state index in [2.05, 4.69) is 64.1 Å². The molecule has 0 amide bonds. The second-order valence-electron chi connectivity index (χ2n) is 10.5. The predicted octanol–water partition coefficient (Wildman–Crippen LogP) is 7.36. The first-order chi connectivity index (χ1) is 18.0. The summed E-state index contributed by atoms with van der Waals surface area (Å²) in [5.74, 6) is -0.221. The van der Waals surface area contributed by atoms with Gasteiger partial charge in [0.2, 0.25) is 0 Å². The molecular formula is C33H48O5. The summed E-state index contributed by atoms with van der Waals surface area (Å²) in [6, 6.07) is 13.0. The number of aliphatic hydroxyl groups is 2. The van der Waals surface area contributed by atoms with E-state index in [-0.39, 0.29) is 24.9 Å². The van der Waals surface area contributed by atoms with Gasteiger partial charge in [0.05, 0.1) is 11.7 Å². The van der Waals surface area contributed by atoms with Crippen molar-refractivity contribution in [1.82, 2.24) is 0 Å². The molecule has 0 bridgehead atoms. The average molecular weight is 525 g/mol. The van der Waals surface area contributed by atoms with Crippen LogP contribution in [-0.4, -0.2) is 39.6 Å². The van der Waals surface area contributed by atoms with Gasteiger partial charge in [-0.05, 0) is 97.9 Å². The van der Waals surface area contributed by atoms with Crippen molar-refractivity contribution in [2.24, 2.45) is 0 Å². The number of allylic oxidation sites excluding steroid dienone is 1. The monoisotopic (exact) mass is 524 g/mol. The summed E-state index contributed by atoms with van der Waals surface area (Å²) in [4.78, 5) is 10.7. The highest BCUT2D eigenvalue weighted by atomic mass is 16.5. The normalized spacial score (nSPS) is 13.4. The molecule has 5 nitrogen and oxygen atoms in total. The lowest BCUT2D eigenvalue weighted by atomic mass is 9.69. The third-order valence-electron chi connectivity index (χ3n) is 8.23. The van der Waals surface area contributed by atoms with E-state index in [0.29, 0.717) is 18.6 Å². The standard InChI is InChI=1S/C33H48O5/c1-8-25(21-32(37,9-2)10-3)29-16-13-26(19-23(29)6)33(11-4,12-5)27-14-17-30(24(7)20-27)38-22-28(34)15-18-31(35)36/h13-14,16-17,19-21,28,34,37H,8-12,15,18,22H2,1-7H3,(H,35,36)/t28-/m0/s1. The van der Waals surface area contributed by atoms with Crippen LogP contribution in [0.25, 0.3) is 5.57 Å². The predicted molar refractivity (Wildman–Crippen MR) is 156 cm³/mol. The second-order valence-corrected chi connectivity index (χ2v) is 10.5. The van der Waals surface area contributed by atoms with E-state index in [4.69, 9.17) is 9.84 Å². The Labute approximate surface area is 229 Å². The maximum absolute atomic E-state index is 10.9. The lowest BCUT2D eigenvalue weighted by molar-refractivity contribution is -0.137. The molecule has 1 atom stereocenters. The van der Waals surface area contributed by atoms with Crippen LogP contribution < -0.4 is 4.74 Å². The highest BCUT2D eigenvalue weighted by molar-refractivity contribution is 5.70. The molecule has 0 radical (unpaired) electrons. The third-order valence-corrected chi connectivity index (χ3v) is 8.23. The van der Waals surface area contributed by atoms with Crippen molar-refractivity contribution in [1.29, 1.82) is 0 Å². The largest absolute Gasteiger partial charge is 0.491 e. The summed E-state index contributed by atoms with van der Waals surface area (Å²) in [6.07, 6.45) is 5.47. The molecule has 3 N–H and O–H groups in total. The lowest BCUT2D eigenvalue weighted by Gasteiger charge is -2.34. The highest BCUT2D eigenvalue weighted by Crippen LogP contribution is 2.41. The van der Waals surface area contributed by atoms with Gasteiger partial charge in [-0.1, -0.05) is 65.0 Å². The van der Waals surface area contributed by atoms with E-state index in [1.54, 1.807) is 0 Å². The Morgan fingerprint density at radius 3 is 1.97 bits per heavy atom. The Bertz CT molecular complexity index is 1090. The van der Waals surface area contributed by atoms with Crippen molar-refractivity contribution in [3.05, 3.63) is 70.3 Å². The van der Waals surface area contributed by atoms with Crippen molar-refractivity contribution in [2.45, 2.75) is 111 Å². The van der Waals surface area contributed by atoms with Crippen molar-refractivity contribution in [2.75, 3.05) is 6.61 Å². The summed E-state index contributed by atoms with van der Waals surface area (Å²) in [5, 5.41) is 29.8. The van der Waals surface area contributed by atoms with Gasteiger partial charge in [0, 0.05) is 11.8 Å². The van der Waals surface area contributed by atoms with E-state index in [1.807, 2.05) is 26.8 Å². The molecule has 0 aliphatic heterocycles. The van der Waals surface area contributed by atoms with Gasteiger partial charge in [-0.15, -0.1) is 0 Å². The number of ether oxygens (including phenoxy) is 1. The van der Waals surface area contributed by atoms with Gasteiger partial charge in [-0.2, -0.15) is 0 Å². The molecule has 210 valence electrons. The fourth-order valence-corrected chi connectivity index (χ4v) is 5.37. The Morgan fingerprint density at radius 1 is 0.921 bits per heavy atom. The van der Waals surface area contributed by atoms with Crippen molar-refractivity contribution < 1.29 is 24.9 Å². The summed E-state index contributed by atoms with van der Waals surface area (Å²) in [5.41, 5.74) is 6.14. The molecule has 0 fully saturated rings. The Kier molecular flexibility index (Phi) is 11.6. The fourth-order valence-electron chi connectivity index (χ4n) is 5.37. The quantitative estimate of drug-likeness (QED) is 0.227. The maximum atomic E-state index is 10.9. The maximum Gasteiger partial charge on any atom is 0.303 e. The Hall–Kier alpha value is -2.63. The number of carboxylic acid groups (broad SMARTS) is 1. The molecule has 2 rings (SSSR count). The summed E-state index contributed by atoms with van der Waals surface area (Å²) in [6.45, 7) is 14.9. The molecular weight excluding hydrogens is 476 g/mol. The van der Waals surface area contributed by atoms with Gasteiger partial charge in [0.25, 0.3) is 0 Å². The molecule has 0 aliphatic rings. The van der Waals surface area contributed by atoms with Crippen molar-refractivity contribution in [3.63, 3.8) is 0 Å². The van der Waals surface area contributed by atoms with Crippen LogP contribution in [0.3, 0.4) is 0 Å². The van der Waals surface area contributed by atoms with Crippen LogP contribution in [0.15, 0.2) is 42.5 Å². The Morgan fingerprint density at radius 2 is 1.50 bits per heavy atom. The molecule has 0 saturated carbocycles. The number of aliphatic carboxylic acids is 1. The van der Waals surface area contributed by atoms with Crippen molar-refractivity contribution >= 4 is 11.5 Å².